The number of pyridine rings is 1. The maximum Gasteiger partial charge on any atom is 0.178 e. The van der Waals surface area contributed by atoms with Gasteiger partial charge in [-0.3, -0.25) is 9.78 Å². The molecule has 2 heterocycles. The van der Waals surface area contributed by atoms with E-state index in [9.17, 15) is 4.79 Å². The molecule has 4 nitrogen and oxygen atoms in total. The molecular formula is C12H17N3O. The number of hydrogen-bond acceptors (Lipinski definition) is 4. The van der Waals surface area contributed by atoms with Crippen molar-refractivity contribution in [3.63, 3.8) is 0 Å². The van der Waals surface area contributed by atoms with E-state index < -0.39 is 0 Å². The number of aromatic nitrogens is 1. The lowest BCUT2D eigenvalue weighted by molar-refractivity contribution is 0.101. The summed E-state index contributed by atoms with van der Waals surface area (Å²) in [6.07, 6.45) is 2.94. The normalized spacial score (nSPS) is 16.9. The number of carbonyl (C=O) groups excluding carboxylic acids is 1. The van der Waals surface area contributed by atoms with Crippen molar-refractivity contribution in [2.75, 3.05) is 31.1 Å². The molecule has 0 bridgehead atoms. The van der Waals surface area contributed by atoms with E-state index in [-0.39, 0.29) is 5.78 Å². The number of ketones is 1. The second kappa shape index (κ2) is 5.07. The average molecular weight is 219 g/mol. The number of Topliss-reactive ketones (excluding diaryl/α,β-unsaturated/α-hetero) is 1. The van der Waals surface area contributed by atoms with Gasteiger partial charge in [0.15, 0.2) is 5.78 Å². The zero-order valence-electron chi connectivity index (χ0n) is 9.57. The fourth-order valence-corrected chi connectivity index (χ4v) is 1.89. The first-order chi connectivity index (χ1) is 7.77. The summed E-state index contributed by atoms with van der Waals surface area (Å²) in [5, 5.41) is 3.36. The van der Waals surface area contributed by atoms with E-state index in [1.165, 1.54) is 6.92 Å². The predicted octanol–water partition coefficient (Wildman–Crippen LogP) is 1.08. The second-order valence-corrected chi connectivity index (χ2v) is 4.05. The molecule has 0 spiro atoms. The summed E-state index contributed by atoms with van der Waals surface area (Å²) in [5.74, 6) is 0.0177. The Balaban J connectivity index is 2.10. The summed E-state index contributed by atoms with van der Waals surface area (Å²) >= 11 is 0. The van der Waals surface area contributed by atoms with Crippen LogP contribution in [0.5, 0.6) is 0 Å². The summed E-state index contributed by atoms with van der Waals surface area (Å²) in [5.41, 5.74) is 1.64. The van der Waals surface area contributed by atoms with Crippen molar-refractivity contribution in [2.45, 2.75) is 13.3 Å². The Hall–Kier alpha value is -1.42. The molecule has 1 fully saturated rings. The minimum absolute atomic E-state index is 0.0177. The first-order valence-corrected chi connectivity index (χ1v) is 5.70. The van der Waals surface area contributed by atoms with E-state index in [0.29, 0.717) is 5.69 Å². The van der Waals surface area contributed by atoms with Gasteiger partial charge in [-0.05, 0) is 25.1 Å². The first kappa shape index (κ1) is 11.1. The van der Waals surface area contributed by atoms with Crippen LogP contribution in [0.2, 0.25) is 0 Å². The van der Waals surface area contributed by atoms with Crippen molar-refractivity contribution in [1.29, 1.82) is 0 Å². The predicted molar refractivity (Wildman–Crippen MR) is 63.9 cm³/mol. The SMILES string of the molecule is CC(=O)c1ccc(N2CCCNCC2)cn1. The van der Waals surface area contributed by atoms with Gasteiger partial charge in [0.05, 0.1) is 11.9 Å². The van der Waals surface area contributed by atoms with Crippen LogP contribution in [0.15, 0.2) is 18.3 Å². The van der Waals surface area contributed by atoms with E-state index in [4.69, 9.17) is 0 Å². The molecule has 1 aromatic rings. The van der Waals surface area contributed by atoms with Crippen molar-refractivity contribution in [3.8, 4) is 0 Å². The lowest BCUT2D eigenvalue weighted by Gasteiger charge is -2.21. The van der Waals surface area contributed by atoms with Gasteiger partial charge in [0.25, 0.3) is 0 Å². The van der Waals surface area contributed by atoms with Gasteiger partial charge in [0, 0.05) is 26.6 Å². The highest BCUT2D eigenvalue weighted by molar-refractivity contribution is 5.92. The number of carbonyl (C=O) groups is 1. The Morgan fingerprint density at radius 1 is 1.38 bits per heavy atom. The standard InChI is InChI=1S/C12H17N3O/c1-10(16)12-4-3-11(9-14-12)15-7-2-5-13-6-8-15/h3-4,9,13H,2,5-8H2,1H3. The van der Waals surface area contributed by atoms with Crippen LogP contribution in [0.1, 0.15) is 23.8 Å². The van der Waals surface area contributed by atoms with E-state index in [1.54, 1.807) is 12.3 Å². The summed E-state index contributed by atoms with van der Waals surface area (Å²) in [4.78, 5) is 17.6. The summed E-state index contributed by atoms with van der Waals surface area (Å²) in [6, 6.07) is 3.78. The smallest absolute Gasteiger partial charge is 0.178 e. The Morgan fingerprint density at radius 2 is 2.25 bits per heavy atom. The molecular weight excluding hydrogens is 202 g/mol. The molecule has 1 saturated heterocycles. The van der Waals surface area contributed by atoms with Gasteiger partial charge in [-0.1, -0.05) is 0 Å². The summed E-state index contributed by atoms with van der Waals surface area (Å²) in [6.45, 7) is 5.68. The molecule has 1 aliphatic heterocycles. The van der Waals surface area contributed by atoms with Gasteiger partial charge in [-0.15, -0.1) is 0 Å². The second-order valence-electron chi connectivity index (χ2n) is 4.05. The number of nitrogens with one attached hydrogen (secondary N) is 1. The van der Waals surface area contributed by atoms with Crippen molar-refractivity contribution in [1.82, 2.24) is 10.3 Å². The summed E-state index contributed by atoms with van der Waals surface area (Å²) in [7, 11) is 0. The lowest BCUT2D eigenvalue weighted by Crippen LogP contribution is -2.27. The number of hydrogen-bond donors (Lipinski definition) is 1. The fourth-order valence-electron chi connectivity index (χ4n) is 1.89. The number of nitrogens with zero attached hydrogens (tertiary/aromatic N) is 2. The zero-order valence-corrected chi connectivity index (χ0v) is 9.57. The quantitative estimate of drug-likeness (QED) is 0.756. The van der Waals surface area contributed by atoms with Crippen molar-refractivity contribution >= 4 is 11.5 Å². The molecule has 2 rings (SSSR count). The minimum Gasteiger partial charge on any atom is -0.369 e. The van der Waals surface area contributed by atoms with Crippen LogP contribution in [0, 0.1) is 0 Å². The third-order valence-corrected chi connectivity index (χ3v) is 2.81. The van der Waals surface area contributed by atoms with Crippen LogP contribution in [0.3, 0.4) is 0 Å². The highest BCUT2D eigenvalue weighted by atomic mass is 16.1. The highest BCUT2D eigenvalue weighted by Crippen LogP contribution is 2.14. The first-order valence-electron chi connectivity index (χ1n) is 5.70. The van der Waals surface area contributed by atoms with Crippen LogP contribution >= 0.6 is 0 Å². The Kier molecular flexibility index (Phi) is 3.51. The van der Waals surface area contributed by atoms with Crippen molar-refractivity contribution in [3.05, 3.63) is 24.0 Å². The Morgan fingerprint density at radius 3 is 2.94 bits per heavy atom. The maximum absolute atomic E-state index is 11.1. The van der Waals surface area contributed by atoms with E-state index in [0.717, 1.165) is 38.3 Å². The van der Waals surface area contributed by atoms with Crippen molar-refractivity contribution < 1.29 is 4.79 Å². The van der Waals surface area contributed by atoms with Gasteiger partial charge in [0.1, 0.15) is 5.69 Å². The molecule has 0 saturated carbocycles. The number of anilines is 1. The molecule has 1 N–H and O–H groups in total. The third kappa shape index (κ3) is 2.58. The monoisotopic (exact) mass is 219 g/mol. The van der Waals surface area contributed by atoms with Crippen LogP contribution in [-0.2, 0) is 0 Å². The fraction of sp³-hybridized carbons (Fsp3) is 0.500. The molecule has 0 unspecified atom stereocenters. The molecule has 1 aliphatic rings. The van der Waals surface area contributed by atoms with Gasteiger partial charge < -0.3 is 10.2 Å². The molecule has 0 atom stereocenters. The molecule has 0 aliphatic carbocycles. The molecule has 16 heavy (non-hydrogen) atoms. The van der Waals surface area contributed by atoms with Gasteiger partial charge >= 0.3 is 0 Å². The molecule has 0 aromatic carbocycles. The minimum atomic E-state index is 0.0177. The lowest BCUT2D eigenvalue weighted by atomic mass is 10.2. The van der Waals surface area contributed by atoms with Gasteiger partial charge in [-0.2, -0.15) is 0 Å². The third-order valence-electron chi connectivity index (χ3n) is 2.81. The largest absolute Gasteiger partial charge is 0.369 e. The topological polar surface area (TPSA) is 45.2 Å². The van der Waals surface area contributed by atoms with Crippen molar-refractivity contribution in [2.24, 2.45) is 0 Å². The molecule has 86 valence electrons. The number of rotatable bonds is 2. The van der Waals surface area contributed by atoms with Crippen LogP contribution in [0.4, 0.5) is 5.69 Å². The molecule has 4 heteroatoms. The Bertz CT molecular complexity index is 353. The van der Waals surface area contributed by atoms with E-state index in [1.807, 2.05) is 6.07 Å². The summed E-state index contributed by atoms with van der Waals surface area (Å²) < 4.78 is 0. The Labute approximate surface area is 95.7 Å². The molecule has 0 amide bonds. The van der Waals surface area contributed by atoms with E-state index >= 15 is 0 Å². The van der Waals surface area contributed by atoms with Crippen LogP contribution in [0.25, 0.3) is 0 Å². The zero-order chi connectivity index (χ0) is 11.4. The van der Waals surface area contributed by atoms with Gasteiger partial charge in [0.2, 0.25) is 0 Å². The average Bonchev–Trinajstić information content (AvgIpc) is 2.57. The highest BCUT2D eigenvalue weighted by Gasteiger charge is 2.10. The van der Waals surface area contributed by atoms with E-state index in [2.05, 4.69) is 15.2 Å². The molecule has 1 aromatic heterocycles. The van der Waals surface area contributed by atoms with Crippen LogP contribution in [-0.4, -0.2) is 36.9 Å². The maximum atomic E-state index is 11.1. The molecule has 0 radical (unpaired) electrons. The van der Waals surface area contributed by atoms with Gasteiger partial charge in [-0.25, -0.2) is 0 Å². The van der Waals surface area contributed by atoms with Crippen LogP contribution < -0.4 is 10.2 Å².